The Labute approximate surface area is 93.9 Å². The van der Waals surface area contributed by atoms with Gasteiger partial charge >= 0.3 is 0 Å². The van der Waals surface area contributed by atoms with Gasteiger partial charge in [-0.05, 0) is 44.3 Å². The fraction of sp³-hybridized carbons (Fsp3) is 0.571. The molecule has 0 aliphatic heterocycles. The highest BCUT2D eigenvalue weighted by Crippen LogP contribution is 2.21. The average molecular weight is 205 g/mol. The van der Waals surface area contributed by atoms with Gasteiger partial charge in [0, 0.05) is 0 Å². The van der Waals surface area contributed by atoms with Gasteiger partial charge in [0.2, 0.25) is 0 Å². The van der Waals surface area contributed by atoms with E-state index in [4.69, 9.17) is 0 Å². The predicted octanol–water partition coefficient (Wildman–Crippen LogP) is 3.17. The van der Waals surface area contributed by atoms with Gasteiger partial charge in [0.1, 0.15) is 0 Å². The third-order valence-corrected chi connectivity index (χ3v) is 2.87. The summed E-state index contributed by atoms with van der Waals surface area (Å²) >= 11 is 0. The van der Waals surface area contributed by atoms with Crippen LogP contribution in [0.15, 0.2) is 24.3 Å². The fourth-order valence-corrected chi connectivity index (χ4v) is 1.80. The van der Waals surface area contributed by atoms with Crippen molar-refractivity contribution in [2.75, 3.05) is 13.6 Å². The summed E-state index contributed by atoms with van der Waals surface area (Å²) in [5.74, 6) is 0. The molecule has 0 spiro atoms. The van der Waals surface area contributed by atoms with Crippen molar-refractivity contribution in [3.63, 3.8) is 0 Å². The van der Waals surface area contributed by atoms with E-state index in [1.807, 2.05) is 7.05 Å². The Bertz CT molecular complexity index is 285. The van der Waals surface area contributed by atoms with Crippen LogP contribution in [-0.4, -0.2) is 13.6 Å². The SMILES string of the molecule is CNCC(C)(C)CCc1ccc(C)cc1. The molecule has 0 unspecified atom stereocenters. The van der Waals surface area contributed by atoms with E-state index in [0.29, 0.717) is 5.41 Å². The molecule has 0 bridgehead atoms. The second-order valence-corrected chi connectivity index (χ2v) is 5.18. The van der Waals surface area contributed by atoms with E-state index in [2.05, 4.69) is 50.4 Å². The van der Waals surface area contributed by atoms with Gasteiger partial charge in [-0.3, -0.25) is 0 Å². The zero-order chi connectivity index (χ0) is 11.3. The molecule has 0 radical (unpaired) electrons. The zero-order valence-electron chi connectivity index (χ0n) is 10.4. The van der Waals surface area contributed by atoms with Crippen LogP contribution >= 0.6 is 0 Å². The lowest BCUT2D eigenvalue weighted by Gasteiger charge is -2.24. The topological polar surface area (TPSA) is 12.0 Å². The highest BCUT2D eigenvalue weighted by molar-refractivity contribution is 5.21. The van der Waals surface area contributed by atoms with E-state index >= 15 is 0 Å². The summed E-state index contributed by atoms with van der Waals surface area (Å²) in [6.45, 7) is 7.85. The smallest absolute Gasteiger partial charge is 0.0000373 e. The second kappa shape index (κ2) is 5.32. The summed E-state index contributed by atoms with van der Waals surface area (Å²) in [4.78, 5) is 0. The molecular weight excluding hydrogens is 182 g/mol. The standard InChI is InChI=1S/C14H23N/c1-12-5-7-13(8-6-12)9-10-14(2,3)11-15-4/h5-8,15H,9-11H2,1-4H3. The lowest BCUT2D eigenvalue weighted by Crippen LogP contribution is -2.27. The molecule has 0 saturated carbocycles. The first-order chi connectivity index (χ1) is 7.03. The predicted molar refractivity (Wildman–Crippen MR) is 67.2 cm³/mol. The van der Waals surface area contributed by atoms with Crippen molar-refractivity contribution in [1.29, 1.82) is 0 Å². The molecule has 1 N–H and O–H groups in total. The summed E-state index contributed by atoms with van der Waals surface area (Å²) in [5, 5.41) is 3.25. The Morgan fingerprint density at radius 2 is 1.73 bits per heavy atom. The van der Waals surface area contributed by atoms with E-state index < -0.39 is 0 Å². The first-order valence-electron chi connectivity index (χ1n) is 5.74. The van der Waals surface area contributed by atoms with Crippen molar-refractivity contribution in [1.82, 2.24) is 5.32 Å². The minimum absolute atomic E-state index is 0.389. The molecule has 0 atom stereocenters. The van der Waals surface area contributed by atoms with Crippen LogP contribution in [0, 0.1) is 12.3 Å². The van der Waals surface area contributed by atoms with E-state index in [1.165, 1.54) is 24.0 Å². The molecule has 0 amide bonds. The third kappa shape index (κ3) is 4.48. The number of rotatable bonds is 5. The van der Waals surface area contributed by atoms with Gasteiger partial charge in [-0.15, -0.1) is 0 Å². The van der Waals surface area contributed by atoms with Crippen LogP contribution in [0.4, 0.5) is 0 Å². The Morgan fingerprint density at radius 1 is 1.13 bits per heavy atom. The molecule has 1 heteroatoms. The minimum Gasteiger partial charge on any atom is -0.319 e. The lowest BCUT2D eigenvalue weighted by molar-refractivity contribution is 0.324. The van der Waals surface area contributed by atoms with Gasteiger partial charge in [0.15, 0.2) is 0 Å². The molecule has 1 nitrogen and oxygen atoms in total. The molecule has 0 fully saturated rings. The summed E-state index contributed by atoms with van der Waals surface area (Å²) in [5.41, 5.74) is 3.18. The lowest BCUT2D eigenvalue weighted by atomic mass is 9.86. The normalized spacial score (nSPS) is 11.7. The van der Waals surface area contributed by atoms with Crippen molar-refractivity contribution in [3.8, 4) is 0 Å². The summed E-state index contributed by atoms with van der Waals surface area (Å²) in [6, 6.07) is 8.87. The van der Waals surface area contributed by atoms with E-state index in [0.717, 1.165) is 6.54 Å². The molecule has 84 valence electrons. The Morgan fingerprint density at radius 3 is 2.27 bits per heavy atom. The van der Waals surface area contributed by atoms with E-state index in [9.17, 15) is 0 Å². The van der Waals surface area contributed by atoms with Gasteiger partial charge in [0.05, 0.1) is 0 Å². The largest absolute Gasteiger partial charge is 0.319 e. The Kier molecular flexibility index (Phi) is 4.34. The quantitative estimate of drug-likeness (QED) is 0.778. The Balaban J connectivity index is 2.46. The number of aryl methyl sites for hydroxylation is 2. The van der Waals surface area contributed by atoms with Crippen molar-refractivity contribution >= 4 is 0 Å². The second-order valence-electron chi connectivity index (χ2n) is 5.18. The number of benzene rings is 1. The van der Waals surface area contributed by atoms with Crippen LogP contribution in [0.1, 0.15) is 31.4 Å². The molecule has 1 aromatic rings. The zero-order valence-corrected chi connectivity index (χ0v) is 10.4. The molecule has 15 heavy (non-hydrogen) atoms. The van der Waals surface area contributed by atoms with Crippen LogP contribution in [0.2, 0.25) is 0 Å². The molecule has 1 rings (SSSR count). The molecule has 0 heterocycles. The number of hydrogen-bond donors (Lipinski definition) is 1. The first-order valence-corrected chi connectivity index (χ1v) is 5.74. The van der Waals surface area contributed by atoms with Crippen molar-refractivity contribution < 1.29 is 0 Å². The van der Waals surface area contributed by atoms with Crippen LogP contribution in [0.3, 0.4) is 0 Å². The third-order valence-electron chi connectivity index (χ3n) is 2.87. The molecule has 0 aliphatic rings. The molecule has 0 aromatic heterocycles. The van der Waals surface area contributed by atoms with Crippen molar-refractivity contribution in [3.05, 3.63) is 35.4 Å². The van der Waals surface area contributed by atoms with Gasteiger partial charge in [-0.1, -0.05) is 43.7 Å². The summed E-state index contributed by atoms with van der Waals surface area (Å²) in [7, 11) is 2.02. The highest BCUT2D eigenvalue weighted by atomic mass is 14.8. The van der Waals surface area contributed by atoms with Gasteiger partial charge < -0.3 is 5.32 Å². The maximum absolute atomic E-state index is 3.25. The molecule has 0 saturated heterocycles. The average Bonchev–Trinajstić information content (AvgIpc) is 2.17. The molecule has 1 aromatic carbocycles. The number of nitrogens with one attached hydrogen (secondary N) is 1. The summed E-state index contributed by atoms with van der Waals surface area (Å²) < 4.78 is 0. The molecular formula is C14H23N. The van der Waals surface area contributed by atoms with Gasteiger partial charge in [-0.25, -0.2) is 0 Å². The minimum atomic E-state index is 0.389. The fourth-order valence-electron chi connectivity index (χ4n) is 1.80. The van der Waals surface area contributed by atoms with E-state index in [1.54, 1.807) is 0 Å². The van der Waals surface area contributed by atoms with Gasteiger partial charge in [0.25, 0.3) is 0 Å². The maximum atomic E-state index is 3.25. The van der Waals surface area contributed by atoms with Crippen LogP contribution in [0.5, 0.6) is 0 Å². The first kappa shape index (κ1) is 12.3. The number of hydrogen-bond acceptors (Lipinski definition) is 1. The highest BCUT2D eigenvalue weighted by Gasteiger charge is 2.15. The van der Waals surface area contributed by atoms with Gasteiger partial charge in [-0.2, -0.15) is 0 Å². The maximum Gasteiger partial charge on any atom is -0.0000373 e. The van der Waals surface area contributed by atoms with Crippen LogP contribution in [0.25, 0.3) is 0 Å². The van der Waals surface area contributed by atoms with Crippen molar-refractivity contribution in [2.45, 2.75) is 33.6 Å². The van der Waals surface area contributed by atoms with E-state index in [-0.39, 0.29) is 0 Å². The van der Waals surface area contributed by atoms with Crippen LogP contribution < -0.4 is 5.32 Å². The monoisotopic (exact) mass is 205 g/mol. The van der Waals surface area contributed by atoms with Crippen molar-refractivity contribution in [2.24, 2.45) is 5.41 Å². The molecule has 0 aliphatic carbocycles. The Hall–Kier alpha value is -0.820. The van der Waals surface area contributed by atoms with Crippen LogP contribution in [-0.2, 0) is 6.42 Å². The summed E-state index contributed by atoms with van der Waals surface area (Å²) in [6.07, 6.45) is 2.41.